The van der Waals surface area contributed by atoms with Crippen LogP contribution in [-0.2, 0) is 11.3 Å². The summed E-state index contributed by atoms with van der Waals surface area (Å²) < 4.78 is 5.82. The molecule has 0 radical (unpaired) electrons. The van der Waals surface area contributed by atoms with Gasteiger partial charge in [0.1, 0.15) is 11.5 Å². The van der Waals surface area contributed by atoms with Crippen molar-refractivity contribution in [2.24, 2.45) is 0 Å². The summed E-state index contributed by atoms with van der Waals surface area (Å²) in [6.07, 6.45) is 0.285. The highest BCUT2D eigenvalue weighted by atomic mass is 16.5. The third-order valence-corrected chi connectivity index (χ3v) is 5.33. The molecule has 1 amide bonds. The van der Waals surface area contributed by atoms with Gasteiger partial charge in [-0.25, -0.2) is 0 Å². The maximum atomic E-state index is 12.7. The van der Waals surface area contributed by atoms with Crippen LogP contribution in [0.2, 0.25) is 0 Å². The van der Waals surface area contributed by atoms with Gasteiger partial charge >= 0.3 is 0 Å². The molecule has 0 spiro atoms. The zero-order valence-corrected chi connectivity index (χ0v) is 19.0. The van der Waals surface area contributed by atoms with Gasteiger partial charge in [0, 0.05) is 25.0 Å². The van der Waals surface area contributed by atoms with E-state index in [-0.39, 0.29) is 12.3 Å². The van der Waals surface area contributed by atoms with Crippen molar-refractivity contribution in [1.29, 1.82) is 0 Å². The second-order valence-electron chi connectivity index (χ2n) is 7.75. The van der Waals surface area contributed by atoms with Crippen LogP contribution in [0.5, 0.6) is 11.5 Å². The summed E-state index contributed by atoms with van der Waals surface area (Å²) in [5, 5.41) is 3.01. The van der Waals surface area contributed by atoms with Crippen LogP contribution in [0, 0.1) is 0 Å². The van der Waals surface area contributed by atoms with Crippen molar-refractivity contribution in [3.63, 3.8) is 0 Å². The zero-order valence-electron chi connectivity index (χ0n) is 19.0. The maximum Gasteiger partial charge on any atom is 0.224 e. The largest absolute Gasteiger partial charge is 0.457 e. The molecule has 0 aliphatic rings. The molecular formula is C28H30N2O2. The second-order valence-corrected chi connectivity index (χ2v) is 7.75. The van der Waals surface area contributed by atoms with Crippen LogP contribution in [-0.4, -0.2) is 13.0 Å². The highest BCUT2D eigenvalue weighted by Crippen LogP contribution is 2.24. The molecule has 0 aliphatic carbocycles. The van der Waals surface area contributed by atoms with E-state index < -0.39 is 0 Å². The summed E-state index contributed by atoms with van der Waals surface area (Å²) in [6, 6.07) is 27.5. The van der Waals surface area contributed by atoms with Crippen molar-refractivity contribution in [3.8, 4) is 11.5 Å². The Morgan fingerprint density at radius 2 is 1.44 bits per heavy atom. The lowest BCUT2D eigenvalue weighted by atomic mass is 10.0. The van der Waals surface area contributed by atoms with E-state index in [4.69, 9.17) is 4.74 Å². The Morgan fingerprint density at radius 3 is 2.03 bits per heavy atom. The number of carbonyl (C=O) groups excluding carboxylic acids is 1. The number of hydrogen-bond donors (Lipinski definition) is 1. The van der Waals surface area contributed by atoms with Crippen LogP contribution in [0.1, 0.15) is 25.8 Å². The average Bonchev–Trinajstić information content (AvgIpc) is 2.82. The summed E-state index contributed by atoms with van der Waals surface area (Å²) in [5.41, 5.74) is 4.93. The van der Waals surface area contributed by atoms with E-state index in [1.165, 1.54) is 0 Å². The first-order valence-corrected chi connectivity index (χ1v) is 10.7. The van der Waals surface area contributed by atoms with E-state index in [1.54, 1.807) is 0 Å². The summed E-state index contributed by atoms with van der Waals surface area (Å²) >= 11 is 0. The Bertz CT molecular complexity index is 1070. The van der Waals surface area contributed by atoms with Crippen LogP contribution in [0.15, 0.2) is 108 Å². The molecule has 0 atom stereocenters. The number of anilines is 1. The molecule has 0 saturated carbocycles. The maximum absolute atomic E-state index is 12.7. The minimum absolute atomic E-state index is 0.0339. The van der Waals surface area contributed by atoms with E-state index in [0.29, 0.717) is 6.54 Å². The number of allylic oxidation sites excluding steroid dienone is 2. The first-order chi connectivity index (χ1) is 15.4. The van der Waals surface area contributed by atoms with Crippen LogP contribution >= 0.6 is 0 Å². The zero-order chi connectivity index (χ0) is 22.9. The van der Waals surface area contributed by atoms with Gasteiger partial charge in [-0.05, 0) is 61.4 Å². The summed E-state index contributed by atoms with van der Waals surface area (Å²) in [7, 11) is 2.00. The van der Waals surface area contributed by atoms with E-state index in [0.717, 1.165) is 39.6 Å². The van der Waals surface area contributed by atoms with Gasteiger partial charge in [-0.15, -0.1) is 0 Å². The van der Waals surface area contributed by atoms with E-state index in [2.05, 4.69) is 16.8 Å². The van der Waals surface area contributed by atoms with Crippen molar-refractivity contribution in [3.05, 3.63) is 114 Å². The molecule has 4 nitrogen and oxygen atoms in total. The number of ether oxygens (including phenoxy) is 1. The molecule has 1 N–H and O–H groups in total. The first kappa shape index (κ1) is 22.9. The summed E-state index contributed by atoms with van der Waals surface area (Å²) in [6.45, 7) is 8.51. The quantitative estimate of drug-likeness (QED) is 0.399. The number of carbonyl (C=O) groups is 1. The Labute approximate surface area is 190 Å². The molecule has 164 valence electrons. The van der Waals surface area contributed by atoms with Gasteiger partial charge in [0.05, 0.1) is 6.42 Å². The van der Waals surface area contributed by atoms with E-state index in [1.807, 2.05) is 106 Å². The Morgan fingerprint density at radius 1 is 0.875 bits per heavy atom. The standard InChI is InChI=1S/C28H30N2O2/c1-21(2)27(22(3)30(4)24-11-7-5-8-12-24)19-28(31)29-20-23-15-17-26(18-16-23)32-25-13-9-6-10-14-25/h5-18H,1,19-20H2,2-4H3,(H,29,31)/b27-22-. The number of amides is 1. The van der Waals surface area contributed by atoms with Gasteiger partial charge in [-0.1, -0.05) is 60.7 Å². The summed E-state index contributed by atoms with van der Waals surface area (Å²) in [4.78, 5) is 14.8. The highest BCUT2D eigenvalue weighted by molar-refractivity contribution is 5.80. The van der Waals surface area contributed by atoms with Gasteiger partial charge in [-0.3, -0.25) is 4.79 Å². The average molecular weight is 427 g/mol. The molecular weight excluding hydrogens is 396 g/mol. The minimum Gasteiger partial charge on any atom is -0.457 e. The lowest BCUT2D eigenvalue weighted by Crippen LogP contribution is -2.25. The fourth-order valence-corrected chi connectivity index (χ4v) is 3.36. The molecule has 3 aromatic carbocycles. The smallest absolute Gasteiger partial charge is 0.224 e. The van der Waals surface area contributed by atoms with Gasteiger partial charge < -0.3 is 15.0 Å². The topological polar surface area (TPSA) is 41.6 Å². The fourth-order valence-electron chi connectivity index (χ4n) is 3.36. The Hall–Kier alpha value is -3.79. The van der Waals surface area contributed by atoms with Crippen molar-refractivity contribution >= 4 is 11.6 Å². The third-order valence-electron chi connectivity index (χ3n) is 5.33. The summed E-state index contributed by atoms with van der Waals surface area (Å²) in [5.74, 6) is 1.52. The first-order valence-electron chi connectivity index (χ1n) is 10.7. The van der Waals surface area contributed by atoms with Crippen LogP contribution < -0.4 is 15.0 Å². The van der Waals surface area contributed by atoms with Crippen molar-refractivity contribution in [1.82, 2.24) is 5.32 Å². The lowest BCUT2D eigenvalue weighted by Gasteiger charge is -2.24. The molecule has 0 fully saturated rings. The number of hydrogen-bond acceptors (Lipinski definition) is 3. The Balaban J connectivity index is 1.59. The van der Waals surface area contributed by atoms with E-state index in [9.17, 15) is 4.79 Å². The molecule has 0 heterocycles. The van der Waals surface area contributed by atoms with Crippen molar-refractivity contribution in [2.45, 2.75) is 26.8 Å². The molecule has 0 aliphatic heterocycles. The monoisotopic (exact) mass is 426 g/mol. The SMILES string of the molecule is C=C(C)/C(CC(=O)NCc1ccc(Oc2ccccc2)cc1)=C(/C)N(C)c1ccccc1. The molecule has 0 aromatic heterocycles. The molecule has 4 heteroatoms. The second kappa shape index (κ2) is 11.0. The Kier molecular flexibility index (Phi) is 7.87. The third kappa shape index (κ3) is 6.35. The van der Waals surface area contributed by atoms with Gasteiger partial charge in [0.2, 0.25) is 5.91 Å². The number of nitrogens with one attached hydrogen (secondary N) is 1. The minimum atomic E-state index is -0.0339. The van der Waals surface area contributed by atoms with Crippen LogP contribution in [0.3, 0.4) is 0 Å². The highest BCUT2D eigenvalue weighted by Gasteiger charge is 2.14. The fraction of sp³-hybridized carbons (Fsp3) is 0.179. The molecule has 0 unspecified atom stereocenters. The molecule has 0 bridgehead atoms. The molecule has 32 heavy (non-hydrogen) atoms. The molecule has 3 aromatic rings. The van der Waals surface area contributed by atoms with Crippen molar-refractivity contribution < 1.29 is 9.53 Å². The normalized spacial score (nSPS) is 11.3. The van der Waals surface area contributed by atoms with Gasteiger partial charge in [0.25, 0.3) is 0 Å². The van der Waals surface area contributed by atoms with Crippen molar-refractivity contribution in [2.75, 3.05) is 11.9 Å². The molecule has 0 saturated heterocycles. The van der Waals surface area contributed by atoms with E-state index >= 15 is 0 Å². The van der Waals surface area contributed by atoms with Crippen LogP contribution in [0.25, 0.3) is 0 Å². The predicted octanol–water partition coefficient (Wildman–Crippen LogP) is 6.47. The number of para-hydroxylation sites is 2. The van der Waals surface area contributed by atoms with Crippen LogP contribution in [0.4, 0.5) is 5.69 Å². The van der Waals surface area contributed by atoms with Gasteiger partial charge in [0.15, 0.2) is 0 Å². The lowest BCUT2D eigenvalue weighted by molar-refractivity contribution is -0.120. The molecule has 3 rings (SSSR count). The number of nitrogens with zero attached hydrogens (tertiary/aromatic N) is 1. The van der Waals surface area contributed by atoms with Gasteiger partial charge in [-0.2, -0.15) is 0 Å². The predicted molar refractivity (Wildman–Crippen MR) is 132 cm³/mol. The number of benzene rings is 3. The number of rotatable bonds is 9.